The van der Waals surface area contributed by atoms with Gasteiger partial charge in [-0.3, -0.25) is 0 Å². The van der Waals surface area contributed by atoms with Crippen LogP contribution in [-0.2, 0) is 4.74 Å². The first kappa shape index (κ1) is 14.6. The summed E-state index contributed by atoms with van der Waals surface area (Å²) in [6, 6.07) is 0.370. The minimum absolute atomic E-state index is 0.157. The number of likely N-dealkylation sites (tertiary alicyclic amines) is 1. The summed E-state index contributed by atoms with van der Waals surface area (Å²) in [5.41, 5.74) is 5.66. The van der Waals surface area contributed by atoms with E-state index in [4.69, 9.17) is 10.5 Å². The third-order valence-corrected chi connectivity index (χ3v) is 4.30. The molecule has 2 rings (SSSR count). The largest absolute Gasteiger partial charge is 0.444 e. The molecule has 0 aromatic heterocycles. The van der Waals surface area contributed by atoms with Gasteiger partial charge in [0.2, 0.25) is 0 Å². The molecule has 110 valence electrons. The van der Waals surface area contributed by atoms with Crippen LogP contribution in [-0.4, -0.2) is 35.7 Å². The molecule has 0 radical (unpaired) electrons. The van der Waals surface area contributed by atoms with E-state index in [9.17, 15) is 4.79 Å². The van der Waals surface area contributed by atoms with E-state index >= 15 is 0 Å². The Morgan fingerprint density at radius 3 is 2.58 bits per heavy atom. The van der Waals surface area contributed by atoms with E-state index in [1.807, 2.05) is 25.7 Å². The Balaban J connectivity index is 1.84. The maximum Gasteiger partial charge on any atom is 0.410 e. The van der Waals surface area contributed by atoms with E-state index in [2.05, 4.69) is 0 Å². The second kappa shape index (κ2) is 5.70. The van der Waals surface area contributed by atoms with Crippen LogP contribution in [0.15, 0.2) is 0 Å². The molecule has 1 aliphatic carbocycles. The van der Waals surface area contributed by atoms with Crippen molar-refractivity contribution in [3.63, 3.8) is 0 Å². The molecule has 2 fully saturated rings. The quantitative estimate of drug-likeness (QED) is 0.795. The van der Waals surface area contributed by atoms with Gasteiger partial charge in [0.05, 0.1) is 0 Å². The highest BCUT2D eigenvalue weighted by atomic mass is 16.6. The summed E-state index contributed by atoms with van der Waals surface area (Å²) in [4.78, 5) is 13.9. The Morgan fingerprint density at radius 2 is 1.95 bits per heavy atom. The molecule has 0 aromatic carbocycles. The molecule has 4 heteroatoms. The predicted molar refractivity (Wildman–Crippen MR) is 75.8 cm³/mol. The average molecular weight is 268 g/mol. The lowest BCUT2D eigenvalue weighted by Gasteiger charge is -2.31. The highest BCUT2D eigenvalue weighted by Gasteiger charge is 2.35. The van der Waals surface area contributed by atoms with Crippen molar-refractivity contribution in [2.24, 2.45) is 17.6 Å². The van der Waals surface area contributed by atoms with Crippen molar-refractivity contribution in [1.82, 2.24) is 4.90 Å². The van der Waals surface area contributed by atoms with Crippen LogP contribution >= 0.6 is 0 Å². The number of carbonyl (C=O) groups excluding carboxylic acids is 1. The molecule has 19 heavy (non-hydrogen) atoms. The zero-order chi connectivity index (χ0) is 14.0. The molecule has 0 spiro atoms. The van der Waals surface area contributed by atoms with Crippen molar-refractivity contribution in [3.8, 4) is 0 Å². The molecule has 0 unspecified atom stereocenters. The zero-order valence-electron chi connectivity index (χ0n) is 12.5. The van der Waals surface area contributed by atoms with Gasteiger partial charge in [0.15, 0.2) is 0 Å². The van der Waals surface area contributed by atoms with Gasteiger partial charge in [-0.1, -0.05) is 12.8 Å². The van der Waals surface area contributed by atoms with Gasteiger partial charge in [0, 0.05) is 19.1 Å². The molecule has 2 N–H and O–H groups in total. The summed E-state index contributed by atoms with van der Waals surface area (Å²) in [7, 11) is 0. The second-order valence-corrected chi connectivity index (χ2v) is 7.16. The number of hydrogen-bond donors (Lipinski definition) is 1. The van der Waals surface area contributed by atoms with E-state index in [1.165, 1.54) is 19.3 Å². The normalized spacial score (nSPS) is 32.4. The fourth-order valence-corrected chi connectivity index (χ4v) is 3.36. The minimum Gasteiger partial charge on any atom is -0.444 e. The molecular weight excluding hydrogens is 240 g/mol. The van der Waals surface area contributed by atoms with Crippen LogP contribution in [0.3, 0.4) is 0 Å². The molecule has 0 aromatic rings. The Labute approximate surface area is 116 Å². The van der Waals surface area contributed by atoms with E-state index < -0.39 is 5.60 Å². The highest BCUT2D eigenvalue weighted by Crippen LogP contribution is 2.35. The summed E-state index contributed by atoms with van der Waals surface area (Å²) >= 11 is 0. The van der Waals surface area contributed by atoms with Gasteiger partial charge in [-0.15, -0.1) is 0 Å². The molecule has 3 atom stereocenters. The first-order chi connectivity index (χ1) is 8.85. The van der Waals surface area contributed by atoms with Crippen molar-refractivity contribution in [2.75, 3.05) is 13.1 Å². The van der Waals surface area contributed by atoms with E-state index in [0.29, 0.717) is 17.9 Å². The summed E-state index contributed by atoms with van der Waals surface area (Å²) in [6.45, 7) is 7.44. The van der Waals surface area contributed by atoms with Crippen molar-refractivity contribution in [1.29, 1.82) is 0 Å². The summed E-state index contributed by atoms with van der Waals surface area (Å²) in [6.07, 6.45) is 5.77. The number of hydrogen-bond acceptors (Lipinski definition) is 3. The van der Waals surface area contributed by atoms with E-state index in [1.54, 1.807) is 0 Å². The van der Waals surface area contributed by atoms with Gasteiger partial charge in [-0.05, 0) is 51.9 Å². The van der Waals surface area contributed by atoms with Crippen molar-refractivity contribution in [3.05, 3.63) is 0 Å². The second-order valence-electron chi connectivity index (χ2n) is 7.16. The lowest BCUT2D eigenvalue weighted by Crippen LogP contribution is -2.37. The highest BCUT2D eigenvalue weighted by molar-refractivity contribution is 5.68. The standard InChI is InChI=1S/C15H28N2O2/c1-15(2,3)19-14(18)17-8-7-12(10-17)11-5-4-6-13(16)9-11/h11-13H,4-10,16H2,1-3H3/t11-,12-,13-/m0/s1. The first-order valence-electron chi connectivity index (χ1n) is 7.58. The van der Waals surface area contributed by atoms with E-state index in [-0.39, 0.29) is 6.09 Å². The molecule has 1 aliphatic heterocycles. The minimum atomic E-state index is -0.400. The number of carbonyl (C=O) groups is 1. The van der Waals surface area contributed by atoms with Crippen LogP contribution in [0.4, 0.5) is 4.79 Å². The van der Waals surface area contributed by atoms with Gasteiger partial charge >= 0.3 is 6.09 Å². The molecule has 0 bridgehead atoms. The maximum absolute atomic E-state index is 12.0. The third kappa shape index (κ3) is 4.10. The molecule has 2 aliphatic rings. The molecule has 4 nitrogen and oxygen atoms in total. The van der Waals surface area contributed by atoms with Gasteiger partial charge in [0.1, 0.15) is 5.60 Å². The van der Waals surface area contributed by atoms with Gasteiger partial charge in [-0.25, -0.2) is 4.79 Å². The summed E-state index contributed by atoms with van der Waals surface area (Å²) in [5.74, 6) is 1.33. The monoisotopic (exact) mass is 268 g/mol. The van der Waals surface area contributed by atoms with Crippen LogP contribution in [0.1, 0.15) is 52.9 Å². The Hall–Kier alpha value is -0.770. The van der Waals surface area contributed by atoms with Gasteiger partial charge in [-0.2, -0.15) is 0 Å². The summed E-state index contributed by atoms with van der Waals surface area (Å²) in [5, 5.41) is 0. The first-order valence-corrected chi connectivity index (χ1v) is 7.58. The van der Waals surface area contributed by atoms with Crippen molar-refractivity contribution in [2.45, 2.75) is 64.5 Å². The summed E-state index contributed by atoms with van der Waals surface area (Å²) < 4.78 is 5.44. The Bertz CT molecular complexity index is 325. The average Bonchev–Trinajstić information content (AvgIpc) is 2.75. The molecule has 1 saturated carbocycles. The Morgan fingerprint density at radius 1 is 1.21 bits per heavy atom. The van der Waals surface area contributed by atoms with E-state index in [0.717, 1.165) is 25.9 Å². The number of rotatable bonds is 1. The fraction of sp³-hybridized carbons (Fsp3) is 0.933. The smallest absolute Gasteiger partial charge is 0.410 e. The molecule has 1 saturated heterocycles. The van der Waals surface area contributed by atoms with Crippen LogP contribution in [0.2, 0.25) is 0 Å². The topological polar surface area (TPSA) is 55.6 Å². The zero-order valence-corrected chi connectivity index (χ0v) is 12.5. The number of nitrogens with two attached hydrogens (primary N) is 1. The molecular formula is C15H28N2O2. The van der Waals surface area contributed by atoms with Crippen LogP contribution < -0.4 is 5.73 Å². The number of ether oxygens (including phenoxy) is 1. The van der Waals surface area contributed by atoms with Crippen molar-refractivity contribution >= 4 is 6.09 Å². The Kier molecular flexibility index (Phi) is 4.39. The SMILES string of the molecule is CC(C)(C)OC(=O)N1CC[C@H]([C@H]2CCC[C@H](N)C2)C1. The third-order valence-electron chi connectivity index (χ3n) is 4.30. The lowest BCUT2D eigenvalue weighted by molar-refractivity contribution is 0.0281. The van der Waals surface area contributed by atoms with Gasteiger partial charge in [0.25, 0.3) is 0 Å². The number of amides is 1. The lowest BCUT2D eigenvalue weighted by atomic mass is 9.78. The number of nitrogens with zero attached hydrogens (tertiary/aromatic N) is 1. The van der Waals surface area contributed by atoms with Crippen molar-refractivity contribution < 1.29 is 9.53 Å². The predicted octanol–water partition coefficient (Wildman–Crippen LogP) is 2.76. The molecule has 1 heterocycles. The molecule has 1 amide bonds. The van der Waals surface area contributed by atoms with Crippen LogP contribution in [0.5, 0.6) is 0 Å². The van der Waals surface area contributed by atoms with Crippen LogP contribution in [0.25, 0.3) is 0 Å². The van der Waals surface area contributed by atoms with Gasteiger partial charge < -0.3 is 15.4 Å². The fourth-order valence-electron chi connectivity index (χ4n) is 3.36. The van der Waals surface area contributed by atoms with Crippen LogP contribution in [0, 0.1) is 11.8 Å². The maximum atomic E-state index is 12.0.